The lowest BCUT2D eigenvalue weighted by Gasteiger charge is -2.43. The smallest absolute Gasteiger partial charge is 0.462 e. The van der Waals surface area contributed by atoms with Crippen LogP contribution in [0.3, 0.4) is 0 Å². The Labute approximate surface area is 230 Å². The van der Waals surface area contributed by atoms with E-state index in [1.807, 2.05) is 0 Å². The van der Waals surface area contributed by atoms with Crippen LogP contribution in [0.15, 0.2) is 63.3 Å². The standard InChI is InChI=1S/C17H20O8.C8H11O6P/c1-5-13(18)22-9-17(10-23-14(19)6-2,11-24-15(20)7-3)12-25-16(21)8-4;1-2-7(9)11-3-8-4-12-15(10,13-5-8)14-6-8/h5-8H,1-4,9-12H2;2H,1,3-6H2. The zero-order valence-corrected chi connectivity index (χ0v) is 22.6. The molecule has 0 saturated carbocycles. The summed E-state index contributed by atoms with van der Waals surface area (Å²) < 4.78 is 50.8. The highest BCUT2D eigenvalue weighted by Gasteiger charge is 2.51. The lowest BCUT2D eigenvalue weighted by molar-refractivity contribution is -0.164. The molecule has 0 aromatic rings. The molecule has 14 nitrogen and oxygen atoms in total. The summed E-state index contributed by atoms with van der Waals surface area (Å²) in [6, 6.07) is 0. The SMILES string of the molecule is C=CC(=O)OCC(COC(=O)C=C)(COC(=O)C=C)COC(=O)C=C.C=CC(=O)OCC12COP(=O)(OC1)OC2. The predicted octanol–water partition coefficient (Wildman–Crippen LogP) is 1.78. The van der Waals surface area contributed by atoms with Gasteiger partial charge in [0.2, 0.25) is 0 Å². The quantitative estimate of drug-likeness (QED) is 0.117. The molecule has 0 aliphatic carbocycles. The highest BCUT2D eigenvalue weighted by molar-refractivity contribution is 7.48. The van der Waals surface area contributed by atoms with E-state index in [0.717, 1.165) is 30.4 Å². The van der Waals surface area contributed by atoms with Crippen molar-refractivity contribution in [1.82, 2.24) is 0 Å². The zero-order chi connectivity index (χ0) is 30.2. The fourth-order valence-electron chi connectivity index (χ4n) is 2.68. The van der Waals surface area contributed by atoms with Gasteiger partial charge in [-0.25, -0.2) is 28.5 Å². The lowest BCUT2D eigenvalue weighted by Crippen LogP contribution is -2.48. The maximum Gasteiger partial charge on any atom is 0.474 e. The van der Waals surface area contributed by atoms with Crippen LogP contribution >= 0.6 is 7.82 Å². The third-order valence-corrected chi connectivity index (χ3v) is 6.36. The first-order valence-corrected chi connectivity index (χ1v) is 12.9. The van der Waals surface area contributed by atoms with Gasteiger partial charge in [0, 0.05) is 30.4 Å². The molecule has 3 aliphatic heterocycles. The second-order valence-corrected chi connectivity index (χ2v) is 10.00. The molecule has 0 amide bonds. The second kappa shape index (κ2) is 16.3. The van der Waals surface area contributed by atoms with Gasteiger partial charge in [-0.3, -0.25) is 13.6 Å². The molecule has 0 atom stereocenters. The molecule has 15 heteroatoms. The van der Waals surface area contributed by atoms with E-state index in [0.29, 0.717) is 0 Å². The summed E-state index contributed by atoms with van der Waals surface area (Å²) in [5.41, 5.74) is -1.88. The van der Waals surface area contributed by atoms with Gasteiger partial charge in [-0.05, 0) is 0 Å². The molecule has 40 heavy (non-hydrogen) atoms. The monoisotopic (exact) mass is 586 g/mol. The van der Waals surface area contributed by atoms with E-state index < -0.39 is 48.5 Å². The van der Waals surface area contributed by atoms with Crippen LogP contribution in [0, 0.1) is 10.8 Å². The van der Waals surface area contributed by atoms with Gasteiger partial charge in [0.25, 0.3) is 0 Å². The molecule has 0 N–H and O–H groups in total. The van der Waals surface area contributed by atoms with Crippen molar-refractivity contribution in [2.24, 2.45) is 10.8 Å². The van der Waals surface area contributed by atoms with E-state index in [9.17, 15) is 28.5 Å². The molecule has 3 fully saturated rings. The molecule has 0 aromatic carbocycles. The van der Waals surface area contributed by atoms with Crippen LogP contribution in [0.4, 0.5) is 0 Å². The number of phosphoric ester groups is 1. The van der Waals surface area contributed by atoms with Gasteiger partial charge in [-0.1, -0.05) is 32.9 Å². The Morgan fingerprint density at radius 1 is 0.600 bits per heavy atom. The van der Waals surface area contributed by atoms with E-state index in [1.165, 1.54) is 0 Å². The number of phosphoric acid groups is 1. The Morgan fingerprint density at radius 2 is 0.875 bits per heavy atom. The molecule has 3 aliphatic rings. The summed E-state index contributed by atoms with van der Waals surface area (Å²) in [4.78, 5) is 56.2. The number of ether oxygens (including phenoxy) is 5. The molecule has 220 valence electrons. The fourth-order valence-corrected chi connectivity index (χ4v) is 4.20. The predicted molar refractivity (Wildman–Crippen MR) is 136 cm³/mol. The Kier molecular flexibility index (Phi) is 13.9. The van der Waals surface area contributed by atoms with Crippen LogP contribution < -0.4 is 0 Å². The summed E-state index contributed by atoms with van der Waals surface area (Å²) in [7, 11) is -3.29. The van der Waals surface area contributed by atoms with Crippen LogP contribution in [-0.4, -0.2) is 82.7 Å². The van der Waals surface area contributed by atoms with Crippen molar-refractivity contribution in [2.45, 2.75) is 0 Å². The minimum atomic E-state index is -3.29. The maximum absolute atomic E-state index is 11.4. The van der Waals surface area contributed by atoms with Crippen LogP contribution in [0.5, 0.6) is 0 Å². The summed E-state index contributed by atoms with van der Waals surface area (Å²) in [5, 5.41) is 0. The van der Waals surface area contributed by atoms with Gasteiger partial charge in [-0.2, -0.15) is 0 Å². The largest absolute Gasteiger partial charge is 0.474 e. The summed E-state index contributed by atoms with van der Waals surface area (Å²) in [5.74, 6) is -3.55. The number of hydrogen-bond acceptors (Lipinski definition) is 14. The number of carbonyl (C=O) groups is 5. The maximum atomic E-state index is 11.4. The van der Waals surface area contributed by atoms with Crippen molar-refractivity contribution >= 4 is 37.7 Å². The molecule has 3 saturated heterocycles. The molecule has 3 heterocycles. The minimum Gasteiger partial charge on any atom is -0.462 e. The minimum absolute atomic E-state index is 0.109. The highest BCUT2D eigenvalue weighted by atomic mass is 31.2. The van der Waals surface area contributed by atoms with Gasteiger partial charge in [-0.15, -0.1) is 0 Å². The normalized spacial score (nSPS) is 20.7. The van der Waals surface area contributed by atoms with Crippen LogP contribution in [0.1, 0.15) is 0 Å². The van der Waals surface area contributed by atoms with E-state index >= 15 is 0 Å². The summed E-state index contributed by atoms with van der Waals surface area (Å²) in [6.07, 6.45) is 4.77. The third kappa shape index (κ3) is 11.5. The van der Waals surface area contributed by atoms with Gasteiger partial charge >= 0.3 is 37.7 Å². The topological polar surface area (TPSA) is 176 Å². The first-order valence-electron chi connectivity index (χ1n) is 11.4. The van der Waals surface area contributed by atoms with Crippen molar-refractivity contribution in [3.63, 3.8) is 0 Å². The molecule has 0 radical (unpaired) electrons. The molecule has 2 bridgehead atoms. The first-order chi connectivity index (χ1) is 18.9. The van der Waals surface area contributed by atoms with Crippen molar-refractivity contribution in [1.29, 1.82) is 0 Å². The fraction of sp³-hybridized carbons (Fsp3) is 0.400. The molecular weight excluding hydrogens is 555 g/mol. The van der Waals surface area contributed by atoms with Gasteiger partial charge in [0.15, 0.2) is 0 Å². The van der Waals surface area contributed by atoms with Gasteiger partial charge in [0.1, 0.15) is 38.4 Å². The summed E-state index contributed by atoms with van der Waals surface area (Å²) in [6.45, 7) is 15.5. The zero-order valence-electron chi connectivity index (χ0n) is 21.7. The first kappa shape index (κ1) is 34.2. The van der Waals surface area contributed by atoms with E-state index in [2.05, 4.69) is 32.9 Å². The van der Waals surface area contributed by atoms with Gasteiger partial charge < -0.3 is 23.7 Å². The van der Waals surface area contributed by atoms with E-state index in [4.69, 9.17) is 37.3 Å². The van der Waals surface area contributed by atoms with Crippen molar-refractivity contribution in [3.05, 3.63) is 63.3 Å². The molecule has 0 spiro atoms. The average molecular weight is 586 g/mol. The third-order valence-electron chi connectivity index (χ3n) is 5.02. The number of fused-ring (bicyclic) bond motifs is 3. The lowest BCUT2D eigenvalue weighted by atomic mass is 9.92. The Morgan fingerprint density at radius 3 is 1.15 bits per heavy atom. The highest BCUT2D eigenvalue weighted by Crippen LogP contribution is 2.59. The second-order valence-electron chi connectivity index (χ2n) is 8.33. The molecule has 0 aromatic heterocycles. The van der Waals surface area contributed by atoms with Crippen molar-refractivity contribution in [2.75, 3.05) is 52.9 Å². The Balaban J connectivity index is 0.000000448. The summed E-state index contributed by atoms with van der Waals surface area (Å²) >= 11 is 0. The van der Waals surface area contributed by atoms with Crippen molar-refractivity contribution < 1.29 is 65.8 Å². The van der Waals surface area contributed by atoms with Crippen molar-refractivity contribution in [3.8, 4) is 0 Å². The number of esters is 5. The number of carbonyl (C=O) groups excluding carboxylic acids is 5. The Bertz CT molecular complexity index is 929. The van der Waals surface area contributed by atoms with Crippen LogP contribution in [0.25, 0.3) is 0 Å². The molecule has 3 rings (SSSR count). The molecule has 0 unspecified atom stereocenters. The average Bonchev–Trinajstić information content (AvgIpc) is 2.99. The van der Waals surface area contributed by atoms with Crippen LogP contribution in [-0.2, 0) is 65.8 Å². The Hall–Kier alpha value is -3.84. The van der Waals surface area contributed by atoms with Crippen LogP contribution in [0.2, 0.25) is 0 Å². The molecular formula is C25H31O14P. The van der Waals surface area contributed by atoms with E-state index in [1.54, 1.807) is 0 Å². The van der Waals surface area contributed by atoms with Gasteiger partial charge in [0.05, 0.1) is 25.2 Å². The number of hydrogen-bond donors (Lipinski definition) is 0. The van der Waals surface area contributed by atoms with E-state index in [-0.39, 0.29) is 52.9 Å². The number of rotatable bonds is 15.